The van der Waals surface area contributed by atoms with E-state index in [1.807, 2.05) is 30.3 Å². The van der Waals surface area contributed by atoms with E-state index in [9.17, 15) is 0 Å². The molecule has 0 aliphatic heterocycles. The molecule has 21 heavy (non-hydrogen) atoms. The number of hydrogen-bond donors (Lipinski definition) is 1. The van der Waals surface area contributed by atoms with Crippen molar-refractivity contribution in [2.75, 3.05) is 6.61 Å². The highest BCUT2D eigenvalue weighted by Gasteiger charge is 2.16. The quantitative estimate of drug-likeness (QED) is 0.914. The van der Waals surface area contributed by atoms with Crippen LogP contribution < -0.4 is 10.5 Å². The number of aryl methyl sites for hydroxylation is 1. The predicted octanol–water partition coefficient (Wildman–Crippen LogP) is 4.11. The zero-order valence-electron chi connectivity index (χ0n) is 12.2. The lowest BCUT2D eigenvalue weighted by molar-refractivity contribution is 0.362. The van der Waals surface area contributed by atoms with Crippen LogP contribution in [0.1, 0.15) is 35.6 Å². The molecule has 1 atom stereocenters. The lowest BCUT2D eigenvalue weighted by Gasteiger charge is -2.22. The maximum absolute atomic E-state index is 6.18. The van der Waals surface area contributed by atoms with Crippen molar-refractivity contribution < 1.29 is 4.74 Å². The number of ether oxygens (including phenoxy) is 1. The molecule has 2 heteroatoms. The molecule has 108 valence electrons. The van der Waals surface area contributed by atoms with E-state index in [0.29, 0.717) is 6.61 Å². The molecular formula is C19H21NO. The van der Waals surface area contributed by atoms with Crippen molar-refractivity contribution in [3.63, 3.8) is 0 Å². The largest absolute Gasteiger partial charge is 0.490 e. The van der Waals surface area contributed by atoms with E-state index in [4.69, 9.17) is 10.5 Å². The molecule has 0 bridgehead atoms. The maximum atomic E-state index is 6.18. The fraction of sp³-hybridized carbons (Fsp3) is 0.263. The zero-order chi connectivity index (χ0) is 14.5. The summed E-state index contributed by atoms with van der Waals surface area (Å²) in [7, 11) is 0. The Morgan fingerprint density at radius 2 is 2.00 bits per heavy atom. The molecule has 3 rings (SSSR count). The fourth-order valence-electron chi connectivity index (χ4n) is 2.80. The Bertz CT molecular complexity index is 619. The van der Waals surface area contributed by atoms with E-state index in [2.05, 4.69) is 30.3 Å². The Hall–Kier alpha value is -2.06. The second kappa shape index (κ2) is 6.59. The van der Waals surface area contributed by atoms with Crippen LogP contribution in [0.25, 0.3) is 6.08 Å². The molecular weight excluding hydrogens is 258 g/mol. The van der Waals surface area contributed by atoms with E-state index >= 15 is 0 Å². The van der Waals surface area contributed by atoms with Gasteiger partial charge in [-0.05, 0) is 54.2 Å². The van der Waals surface area contributed by atoms with Crippen molar-refractivity contribution in [2.24, 2.45) is 5.73 Å². The van der Waals surface area contributed by atoms with Gasteiger partial charge in [0.1, 0.15) is 12.4 Å². The summed E-state index contributed by atoms with van der Waals surface area (Å²) in [5, 5.41) is 0. The van der Waals surface area contributed by atoms with Gasteiger partial charge in [-0.25, -0.2) is 0 Å². The Labute approximate surface area is 126 Å². The van der Waals surface area contributed by atoms with Gasteiger partial charge in [0.2, 0.25) is 0 Å². The molecule has 0 heterocycles. The van der Waals surface area contributed by atoms with Crippen LogP contribution in [0.2, 0.25) is 0 Å². The smallest absolute Gasteiger partial charge is 0.120 e. The van der Waals surface area contributed by atoms with Gasteiger partial charge in [-0.2, -0.15) is 0 Å². The summed E-state index contributed by atoms with van der Waals surface area (Å²) in [4.78, 5) is 0. The molecule has 1 aliphatic rings. The van der Waals surface area contributed by atoms with Gasteiger partial charge in [0.25, 0.3) is 0 Å². The van der Waals surface area contributed by atoms with Crippen LogP contribution in [0.4, 0.5) is 0 Å². The maximum Gasteiger partial charge on any atom is 0.120 e. The van der Waals surface area contributed by atoms with Crippen LogP contribution in [0.15, 0.2) is 54.6 Å². The molecule has 1 unspecified atom stereocenters. The monoisotopic (exact) mass is 279 g/mol. The number of nitrogens with two attached hydrogens (primary N) is 1. The van der Waals surface area contributed by atoms with E-state index in [1.165, 1.54) is 23.1 Å². The topological polar surface area (TPSA) is 35.2 Å². The van der Waals surface area contributed by atoms with E-state index in [0.717, 1.165) is 18.6 Å². The Morgan fingerprint density at radius 3 is 2.86 bits per heavy atom. The third kappa shape index (κ3) is 3.53. The third-order valence-corrected chi connectivity index (χ3v) is 3.93. The number of fused-ring (bicyclic) bond motifs is 1. The number of hydrogen-bond acceptors (Lipinski definition) is 2. The second-order valence-electron chi connectivity index (χ2n) is 5.48. The summed E-state index contributed by atoms with van der Waals surface area (Å²) in [6.45, 7) is 0.572. The molecule has 2 aromatic rings. The zero-order valence-corrected chi connectivity index (χ0v) is 12.2. The minimum atomic E-state index is 0.164. The second-order valence-corrected chi connectivity index (χ2v) is 5.48. The Balaban J connectivity index is 1.61. The van der Waals surface area contributed by atoms with E-state index < -0.39 is 0 Å². The van der Waals surface area contributed by atoms with Crippen molar-refractivity contribution in [3.8, 4) is 5.75 Å². The Kier molecular flexibility index (Phi) is 4.37. The fourth-order valence-corrected chi connectivity index (χ4v) is 2.80. The van der Waals surface area contributed by atoms with E-state index in [-0.39, 0.29) is 6.04 Å². The minimum Gasteiger partial charge on any atom is -0.490 e. The molecule has 0 amide bonds. The first-order valence-corrected chi connectivity index (χ1v) is 7.56. The molecule has 0 saturated carbocycles. The van der Waals surface area contributed by atoms with Crippen LogP contribution in [-0.2, 0) is 6.42 Å². The molecule has 0 aromatic heterocycles. The average molecular weight is 279 g/mol. The molecule has 1 aliphatic carbocycles. The van der Waals surface area contributed by atoms with Gasteiger partial charge in [0.15, 0.2) is 0 Å². The SMILES string of the molecule is NC1CCCc2ccc(OC/C=C/c3ccccc3)cc21. The normalized spacial score (nSPS) is 17.7. The van der Waals surface area contributed by atoms with Crippen molar-refractivity contribution in [3.05, 3.63) is 71.3 Å². The van der Waals surface area contributed by atoms with Gasteiger partial charge in [-0.3, -0.25) is 0 Å². The first-order valence-electron chi connectivity index (χ1n) is 7.56. The van der Waals surface area contributed by atoms with Gasteiger partial charge in [0, 0.05) is 6.04 Å². The molecule has 0 saturated heterocycles. The van der Waals surface area contributed by atoms with Gasteiger partial charge in [-0.15, -0.1) is 0 Å². The summed E-state index contributed by atoms with van der Waals surface area (Å²) < 4.78 is 5.80. The van der Waals surface area contributed by atoms with Crippen molar-refractivity contribution in [2.45, 2.75) is 25.3 Å². The summed E-state index contributed by atoms with van der Waals surface area (Å²) >= 11 is 0. The standard InChI is InChI=1S/C19H21NO/c20-19-10-4-9-16-11-12-17(14-18(16)19)21-13-5-8-15-6-2-1-3-7-15/h1-3,5-8,11-12,14,19H,4,9-10,13,20H2/b8-5+. The van der Waals surface area contributed by atoms with Crippen LogP contribution >= 0.6 is 0 Å². The van der Waals surface area contributed by atoms with Gasteiger partial charge in [-0.1, -0.05) is 42.5 Å². The molecule has 2 aromatic carbocycles. The van der Waals surface area contributed by atoms with Crippen LogP contribution in [-0.4, -0.2) is 6.61 Å². The summed E-state index contributed by atoms with van der Waals surface area (Å²) in [6.07, 6.45) is 7.51. The molecule has 2 N–H and O–H groups in total. The molecule has 2 nitrogen and oxygen atoms in total. The molecule has 0 fully saturated rings. The number of rotatable bonds is 4. The van der Waals surface area contributed by atoms with Gasteiger partial charge >= 0.3 is 0 Å². The molecule has 0 spiro atoms. The lowest BCUT2D eigenvalue weighted by Crippen LogP contribution is -2.17. The van der Waals surface area contributed by atoms with Gasteiger partial charge in [0.05, 0.1) is 0 Å². The summed E-state index contributed by atoms with van der Waals surface area (Å²) in [5.41, 5.74) is 10.00. The highest BCUT2D eigenvalue weighted by atomic mass is 16.5. The minimum absolute atomic E-state index is 0.164. The van der Waals surface area contributed by atoms with Crippen LogP contribution in [0.3, 0.4) is 0 Å². The third-order valence-electron chi connectivity index (χ3n) is 3.93. The predicted molar refractivity (Wildman–Crippen MR) is 87.3 cm³/mol. The van der Waals surface area contributed by atoms with Crippen molar-refractivity contribution in [1.29, 1.82) is 0 Å². The first-order chi connectivity index (χ1) is 10.3. The summed E-state index contributed by atoms with van der Waals surface area (Å²) in [6, 6.07) is 16.7. The van der Waals surface area contributed by atoms with E-state index in [1.54, 1.807) is 0 Å². The van der Waals surface area contributed by atoms with Crippen molar-refractivity contribution >= 4 is 6.08 Å². The highest BCUT2D eigenvalue weighted by Crippen LogP contribution is 2.30. The van der Waals surface area contributed by atoms with Crippen LogP contribution in [0, 0.1) is 0 Å². The first kappa shape index (κ1) is 13.9. The highest BCUT2D eigenvalue weighted by molar-refractivity contribution is 5.48. The molecule has 0 radical (unpaired) electrons. The lowest BCUT2D eigenvalue weighted by atomic mass is 9.88. The Morgan fingerprint density at radius 1 is 1.14 bits per heavy atom. The van der Waals surface area contributed by atoms with Crippen molar-refractivity contribution in [1.82, 2.24) is 0 Å². The number of benzene rings is 2. The average Bonchev–Trinajstić information content (AvgIpc) is 2.53. The van der Waals surface area contributed by atoms with Gasteiger partial charge < -0.3 is 10.5 Å². The van der Waals surface area contributed by atoms with Crippen LogP contribution in [0.5, 0.6) is 5.75 Å². The summed E-state index contributed by atoms with van der Waals surface area (Å²) in [5.74, 6) is 0.906.